The zero-order valence-electron chi connectivity index (χ0n) is 12.1. The van der Waals surface area contributed by atoms with Crippen LogP contribution in [-0.2, 0) is 4.79 Å². The van der Waals surface area contributed by atoms with Gasteiger partial charge < -0.3 is 5.32 Å². The van der Waals surface area contributed by atoms with Crippen molar-refractivity contribution in [3.63, 3.8) is 0 Å². The normalized spacial score (nSPS) is 17.3. The molecule has 0 saturated carbocycles. The zero-order chi connectivity index (χ0) is 17.1. The summed E-state index contributed by atoms with van der Waals surface area (Å²) in [6, 6.07) is 13.5. The fourth-order valence-electron chi connectivity index (χ4n) is 1.99. The van der Waals surface area contributed by atoms with E-state index >= 15 is 0 Å². The van der Waals surface area contributed by atoms with Crippen molar-refractivity contribution in [3.8, 4) is 0 Å². The Bertz CT molecular complexity index is 878. The first kappa shape index (κ1) is 16.4. The number of carbonyl (C=O) groups excluding carboxylic acids is 1. The van der Waals surface area contributed by atoms with Crippen molar-refractivity contribution in [2.75, 3.05) is 0 Å². The number of hydrogen-bond acceptors (Lipinski definition) is 5. The van der Waals surface area contributed by atoms with Crippen LogP contribution in [0.4, 0.5) is 11.4 Å². The van der Waals surface area contributed by atoms with Gasteiger partial charge in [0.15, 0.2) is 5.17 Å². The van der Waals surface area contributed by atoms with Crippen LogP contribution in [0.25, 0.3) is 6.08 Å². The maximum atomic E-state index is 12.0. The molecular formula is C16H10BrN3O3S. The van der Waals surface area contributed by atoms with E-state index in [9.17, 15) is 14.9 Å². The quantitative estimate of drug-likeness (QED) is 0.471. The number of aliphatic imine (C=N–C) groups is 1. The van der Waals surface area contributed by atoms with E-state index in [0.29, 0.717) is 15.6 Å². The molecule has 1 heterocycles. The van der Waals surface area contributed by atoms with Crippen LogP contribution in [0, 0.1) is 10.1 Å². The van der Waals surface area contributed by atoms with Crippen molar-refractivity contribution in [2.24, 2.45) is 4.99 Å². The van der Waals surface area contributed by atoms with E-state index in [1.165, 1.54) is 23.9 Å². The van der Waals surface area contributed by atoms with Crippen LogP contribution in [0.1, 0.15) is 5.56 Å². The van der Waals surface area contributed by atoms with Gasteiger partial charge in [0.2, 0.25) is 0 Å². The third kappa shape index (κ3) is 3.90. The maximum Gasteiger partial charge on any atom is 0.270 e. The van der Waals surface area contributed by atoms with Crippen molar-refractivity contribution in [1.82, 2.24) is 5.32 Å². The molecular weight excluding hydrogens is 394 g/mol. The Morgan fingerprint density at radius 2 is 1.96 bits per heavy atom. The molecule has 8 heteroatoms. The Morgan fingerprint density at radius 3 is 2.67 bits per heavy atom. The number of benzene rings is 2. The van der Waals surface area contributed by atoms with Crippen LogP contribution < -0.4 is 5.32 Å². The zero-order valence-corrected chi connectivity index (χ0v) is 14.5. The lowest BCUT2D eigenvalue weighted by Gasteiger charge is -1.96. The molecule has 0 bridgehead atoms. The lowest BCUT2D eigenvalue weighted by atomic mass is 10.2. The molecule has 3 rings (SSSR count). The van der Waals surface area contributed by atoms with Gasteiger partial charge in [-0.2, -0.15) is 0 Å². The van der Waals surface area contributed by atoms with E-state index in [1.807, 2.05) is 24.3 Å². The highest BCUT2D eigenvalue weighted by Crippen LogP contribution is 2.29. The summed E-state index contributed by atoms with van der Waals surface area (Å²) < 4.78 is 0.945. The fraction of sp³-hybridized carbons (Fsp3) is 0. The number of carbonyl (C=O) groups is 1. The number of nitro benzene ring substituents is 1. The van der Waals surface area contributed by atoms with Gasteiger partial charge in [-0.1, -0.05) is 28.1 Å². The van der Waals surface area contributed by atoms with Gasteiger partial charge in [0.25, 0.3) is 11.6 Å². The lowest BCUT2D eigenvalue weighted by Crippen LogP contribution is -2.19. The number of nitro groups is 1. The summed E-state index contributed by atoms with van der Waals surface area (Å²) in [6.07, 6.45) is 1.61. The highest BCUT2D eigenvalue weighted by atomic mass is 79.9. The third-order valence-electron chi connectivity index (χ3n) is 3.09. The van der Waals surface area contributed by atoms with E-state index in [4.69, 9.17) is 0 Å². The smallest absolute Gasteiger partial charge is 0.270 e. The molecule has 0 aromatic heterocycles. The standard InChI is InChI=1S/C16H10BrN3O3S/c17-11-4-6-12(7-5-11)18-16-19-15(21)14(24-16)9-10-2-1-3-13(8-10)20(22)23/h1-9H,(H,18,19,21)/b14-9+. The molecule has 2 aromatic carbocycles. The molecule has 1 saturated heterocycles. The molecule has 1 fully saturated rings. The lowest BCUT2D eigenvalue weighted by molar-refractivity contribution is -0.384. The molecule has 6 nitrogen and oxygen atoms in total. The van der Waals surface area contributed by atoms with Crippen molar-refractivity contribution in [3.05, 3.63) is 73.6 Å². The minimum absolute atomic E-state index is 0.0171. The Morgan fingerprint density at radius 1 is 1.21 bits per heavy atom. The first-order chi connectivity index (χ1) is 11.5. The third-order valence-corrected chi connectivity index (χ3v) is 4.53. The van der Waals surface area contributed by atoms with Crippen LogP contribution in [-0.4, -0.2) is 16.0 Å². The number of non-ortho nitro benzene ring substituents is 1. The Kier molecular flexibility index (Phi) is 4.77. The van der Waals surface area contributed by atoms with E-state index in [0.717, 1.165) is 10.2 Å². The number of thioether (sulfide) groups is 1. The van der Waals surface area contributed by atoms with Gasteiger partial charge in [-0.3, -0.25) is 14.9 Å². The molecule has 0 unspecified atom stereocenters. The second-order valence-corrected chi connectivity index (χ2v) is 6.76. The van der Waals surface area contributed by atoms with Gasteiger partial charge in [0.05, 0.1) is 15.5 Å². The summed E-state index contributed by atoms with van der Waals surface area (Å²) in [5.41, 5.74) is 1.29. The fourth-order valence-corrected chi connectivity index (χ4v) is 3.10. The predicted molar refractivity (Wildman–Crippen MR) is 98.0 cm³/mol. The van der Waals surface area contributed by atoms with Crippen LogP contribution >= 0.6 is 27.7 Å². The van der Waals surface area contributed by atoms with Crippen LogP contribution in [0.3, 0.4) is 0 Å². The van der Waals surface area contributed by atoms with E-state index in [-0.39, 0.29) is 11.6 Å². The van der Waals surface area contributed by atoms with Crippen molar-refractivity contribution < 1.29 is 9.72 Å². The maximum absolute atomic E-state index is 12.0. The number of amidine groups is 1. The molecule has 1 aliphatic rings. The molecule has 0 atom stereocenters. The molecule has 0 spiro atoms. The average Bonchev–Trinajstić information content (AvgIpc) is 2.89. The highest BCUT2D eigenvalue weighted by molar-refractivity contribution is 9.10. The monoisotopic (exact) mass is 403 g/mol. The minimum Gasteiger partial charge on any atom is -0.300 e. The molecule has 0 radical (unpaired) electrons. The number of hydrogen-bond donors (Lipinski definition) is 1. The van der Waals surface area contributed by atoms with Gasteiger partial charge in [-0.25, -0.2) is 4.99 Å². The SMILES string of the molecule is O=C1NC(=Nc2ccc(Br)cc2)S/C1=C/c1cccc([N+](=O)[O-])c1. The first-order valence-electron chi connectivity index (χ1n) is 6.81. The van der Waals surface area contributed by atoms with E-state index in [1.54, 1.807) is 18.2 Å². The number of halogens is 1. The number of amides is 1. The minimum atomic E-state index is -0.468. The molecule has 1 aliphatic heterocycles. The van der Waals surface area contributed by atoms with Crippen molar-refractivity contribution >= 4 is 56.2 Å². The summed E-state index contributed by atoms with van der Waals surface area (Å²) in [5.74, 6) is -0.276. The highest BCUT2D eigenvalue weighted by Gasteiger charge is 2.24. The molecule has 2 aromatic rings. The predicted octanol–water partition coefficient (Wildman–Crippen LogP) is 4.25. The molecule has 24 heavy (non-hydrogen) atoms. The molecule has 120 valence electrons. The number of nitrogens with one attached hydrogen (secondary N) is 1. The van der Waals surface area contributed by atoms with Gasteiger partial charge in [-0.15, -0.1) is 0 Å². The summed E-state index contributed by atoms with van der Waals surface area (Å²) in [4.78, 5) is 27.2. The first-order valence-corrected chi connectivity index (χ1v) is 8.42. The average molecular weight is 404 g/mol. The van der Waals surface area contributed by atoms with Crippen molar-refractivity contribution in [1.29, 1.82) is 0 Å². The van der Waals surface area contributed by atoms with Gasteiger partial charge in [-0.05, 0) is 47.7 Å². The van der Waals surface area contributed by atoms with Crippen LogP contribution in [0.2, 0.25) is 0 Å². The summed E-state index contributed by atoms with van der Waals surface area (Å²) in [7, 11) is 0. The second-order valence-electron chi connectivity index (χ2n) is 4.81. The van der Waals surface area contributed by atoms with Gasteiger partial charge in [0, 0.05) is 16.6 Å². The molecule has 1 N–H and O–H groups in total. The second kappa shape index (κ2) is 6.98. The van der Waals surface area contributed by atoms with Gasteiger partial charge in [0.1, 0.15) is 0 Å². The Labute approximate surface area is 150 Å². The summed E-state index contributed by atoms with van der Waals surface area (Å²) in [5, 5.41) is 14.0. The van der Waals surface area contributed by atoms with Gasteiger partial charge >= 0.3 is 0 Å². The van der Waals surface area contributed by atoms with Crippen molar-refractivity contribution in [2.45, 2.75) is 0 Å². The Balaban J connectivity index is 1.83. The topological polar surface area (TPSA) is 84.6 Å². The van der Waals surface area contributed by atoms with E-state index in [2.05, 4.69) is 26.2 Å². The molecule has 1 amide bonds. The molecule has 0 aliphatic carbocycles. The van der Waals surface area contributed by atoms with Crippen LogP contribution in [0.15, 0.2) is 62.9 Å². The van der Waals surface area contributed by atoms with Crippen LogP contribution in [0.5, 0.6) is 0 Å². The number of rotatable bonds is 3. The Hall–Kier alpha value is -2.45. The summed E-state index contributed by atoms with van der Waals surface area (Å²) in [6.45, 7) is 0. The summed E-state index contributed by atoms with van der Waals surface area (Å²) >= 11 is 4.55. The number of nitrogens with zero attached hydrogens (tertiary/aromatic N) is 2. The largest absolute Gasteiger partial charge is 0.300 e. The van der Waals surface area contributed by atoms with E-state index < -0.39 is 4.92 Å².